The van der Waals surface area contributed by atoms with Crippen LogP contribution < -0.4 is 16.4 Å². The second-order valence-corrected chi connectivity index (χ2v) is 11.1. The van der Waals surface area contributed by atoms with Crippen molar-refractivity contribution in [3.8, 4) is 0 Å². The number of aromatic nitrogens is 1. The standard InChI is InChI=1S/C29H40N6O3/c30-27(22-9-10-23-18-31-12-11-21(23)17-22)33-28(37)25-8-4-15-35(25)29(38)24(16-20-6-2-1-3-7-20)32-19-26(36)34-13-5-14-34/h9-12,17-18,20,24-25,27,32H,1-8,13-16,19,30H2,(H,33,37)/t24?,25-,27?/m0/s1. The zero-order valence-electron chi connectivity index (χ0n) is 22.1. The predicted molar refractivity (Wildman–Crippen MR) is 146 cm³/mol. The van der Waals surface area contributed by atoms with Crippen molar-refractivity contribution in [3.05, 3.63) is 42.2 Å². The fourth-order valence-corrected chi connectivity index (χ4v) is 6.05. The van der Waals surface area contributed by atoms with Crippen molar-refractivity contribution < 1.29 is 14.4 Å². The molecule has 3 aliphatic rings. The lowest BCUT2D eigenvalue weighted by atomic mass is 9.84. The fourth-order valence-electron chi connectivity index (χ4n) is 6.05. The number of rotatable bonds is 9. The molecular weight excluding hydrogens is 480 g/mol. The first-order valence-electron chi connectivity index (χ1n) is 14.2. The predicted octanol–water partition coefficient (Wildman–Crippen LogP) is 2.46. The fraction of sp³-hybridized carbons (Fsp3) is 0.586. The molecule has 5 rings (SSSR count). The van der Waals surface area contributed by atoms with Crippen molar-refractivity contribution in [2.75, 3.05) is 26.2 Å². The summed E-state index contributed by atoms with van der Waals surface area (Å²) in [5, 5.41) is 8.24. The third-order valence-electron chi connectivity index (χ3n) is 8.46. The summed E-state index contributed by atoms with van der Waals surface area (Å²) in [5.74, 6) is 0.212. The Morgan fingerprint density at radius 2 is 1.79 bits per heavy atom. The van der Waals surface area contributed by atoms with E-state index in [0.717, 1.165) is 55.1 Å². The molecule has 38 heavy (non-hydrogen) atoms. The van der Waals surface area contributed by atoms with E-state index in [9.17, 15) is 14.4 Å². The molecule has 2 aliphatic heterocycles. The van der Waals surface area contributed by atoms with Gasteiger partial charge in [0.15, 0.2) is 0 Å². The summed E-state index contributed by atoms with van der Waals surface area (Å²) < 4.78 is 0. The van der Waals surface area contributed by atoms with Gasteiger partial charge < -0.3 is 20.9 Å². The van der Waals surface area contributed by atoms with Crippen LogP contribution in [0.15, 0.2) is 36.7 Å². The van der Waals surface area contributed by atoms with Gasteiger partial charge in [-0.05, 0) is 54.7 Å². The molecule has 2 unspecified atom stereocenters. The lowest BCUT2D eigenvalue weighted by Gasteiger charge is -2.34. The molecular formula is C29H40N6O3. The third kappa shape index (κ3) is 6.15. The Morgan fingerprint density at radius 3 is 2.55 bits per heavy atom. The maximum absolute atomic E-state index is 13.8. The number of carbonyl (C=O) groups is 3. The first-order valence-corrected chi connectivity index (χ1v) is 14.2. The average molecular weight is 521 g/mol. The van der Waals surface area contributed by atoms with Crippen molar-refractivity contribution in [1.82, 2.24) is 25.4 Å². The number of likely N-dealkylation sites (tertiary alicyclic amines) is 2. The van der Waals surface area contributed by atoms with Crippen LogP contribution in [0.2, 0.25) is 0 Å². The normalized spacial score (nSPS) is 21.7. The van der Waals surface area contributed by atoms with E-state index in [1.807, 2.05) is 29.2 Å². The van der Waals surface area contributed by atoms with Gasteiger partial charge in [-0.2, -0.15) is 0 Å². The number of nitrogens with one attached hydrogen (secondary N) is 2. The van der Waals surface area contributed by atoms with Crippen LogP contribution >= 0.6 is 0 Å². The Hall–Kier alpha value is -3.04. The van der Waals surface area contributed by atoms with Crippen molar-refractivity contribution in [3.63, 3.8) is 0 Å². The smallest absolute Gasteiger partial charge is 0.244 e. The molecule has 1 aromatic heterocycles. The third-order valence-corrected chi connectivity index (χ3v) is 8.46. The van der Waals surface area contributed by atoms with Gasteiger partial charge in [0.2, 0.25) is 17.7 Å². The summed E-state index contributed by atoms with van der Waals surface area (Å²) in [7, 11) is 0. The van der Waals surface area contributed by atoms with Crippen LogP contribution in [0, 0.1) is 5.92 Å². The highest BCUT2D eigenvalue weighted by Crippen LogP contribution is 2.29. The van der Waals surface area contributed by atoms with Crippen molar-refractivity contribution in [1.29, 1.82) is 0 Å². The number of benzene rings is 1. The molecule has 3 heterocycles. The van der Waals surface area contributed by atoms with Crippen molar-refractivity contribution >= 4 is 28.5 Å². The molecule has 1 saturated carbocycles. The van der Waals surface area contributed by atoms with E-state index < -0.39 is 18.2 Å². The number of pyridine rings is 1. The highest BCUT2D eigenvalue weighted by atomic mass is 16.2. The van der Waals surface area contributed by atoms with Crippen LogP contribution in [0.1, 0.15) is 69.5 Å². The minimum Gasteiger partial charge on any atom is -0.341 e. The first-order chi connectivity index (χ1) is 18.5. The maximum Gasteiger partial charge on any atom is 0.244 e. The van der Waals surface area contributed by atoms with E-state index in [4.69, 9.17) is 5.73 Å². The van der Waals surface area contributed by atoms with E-state index in [1.165, 1.54) is 19.3 Å². The summed E-state index contributed by atoms with van der Waals surface area (Å²) >= 11 is 0. The molecule has 9 nitrogen and oxygen atoms in total. The lowest BCUT2D eigenvalue weighted by Crippen LogP contribution is -2.55. The molecule has 1 aliphatic carbocycles. The van der Waals surface area contributed by atoms with E-state index in [0.29, 0.717) is 25.3 Å². The van der Waals surface area contributed by atoms with Crippen LogP contribution in [0.4, 0.5) is 0 Å². The molecule has 0 radical (unpaired) electrons. The molecule has 4 N–H and O–H groups in total. The van der Waals surface area contributed by atoms with E-state index in [2.05, 4.69) is 15.6 Å². The average Bonchev–Trinajstić information content (AvgIpc) is 3.40. The molecule has 0 bridgehead atoms. The molecule has 204 valence electrons. The summed E-state index contributed by atoms with van der Waals surface area (Å²) in [5.41, 5.74) is 7.18. The molecule has 1 aromatic carbocycles. The summed E-state index contributed by atoms with van der Waals surface area (Å²) in [6.07, 6.45) is 11.8. The van der Waals surface area contributed by atoms with Crippen LogP contribution in [0.25, 0.3) is 10.8 Å². The molecule has 2 saturated heterocycles. The van der Waals surface area contributed by atoms with Gasteiger partial charge in [-0.15, -0.1) is 0 Å². The van der Waals surface area contributed by atoms with E-state index in [1.54, 1.807) is 17.3 Å². The largest absolute Gasteiger partial charge is 0.341 e. The number of amides is 3. The lowest BCUT2D eigenvalue weighted by molar-refractivity contribution is -0.141. The Morgan fingerprint density at radius 1 is 0.974 bits per heavy atom. The molecule has 3 atom stereocenters. The minimum atomic E-state index is -0.678. The number of nitrogens with zero attached hydrogens (tertiary/aromatic N) is 3. The van der Waals surface area contributed by atoms with Gasteiger partial charge in [-0.1, -0.05) is 44.2 Å². The second kappa shape index (κ2) is 12.2. The van der Waals surface area contributed by atoms with E-state index in [-0.39, 0.29) is 24.3 Å². The Balaban J connectivity index is 1.24. The Labute approximate surface area is 224 Å². The van der Waals surface area contributed by atoms with Crippen molar-refractivity contribution in [2.24, 2.45) is 11.7 Å². The van der Waals surface area contributed by atoms with Gasteiger partial charge >= 0.3 is 0 Å². The number of nitrogens with two attached hydrogens (primary N) is 1. The van der Waals surface area contributed by atoms with Crippen molar-refractivity contribution in [2.45, 2.75) is 76.0 Å². The Kier molecular flexibility index (Phi) is 8.54. The summed E-state index contributed by atoms with van der Waals surface area (Å²) in [6, 6.07) is 6.69. The Bertz CT molecular complexity index is 1150. The number of carbonyl (C=O) groups excluding carboxylic acids is 3. The summed E-state index contributed by atoms with van der Waals surface area (Å²) in [4.78, 5) is 47.4. The van der Waals surface area contributed by atoms with Crippen LogP contribution in [0.5, 0.6) is 0 Å². The zero-order valence-corrected chi connectivity index (χ0v) is 22.1. The van der Waals surface area contributed by atoms with Crippen LogP contribution in [-0.4, -0.2) is 70.8 Å². The maximum atomic E-state index is 13.8. The zero-order chi connectivity index (χ0) is 26.5. The molecule has 0 spiro atoms. The van der Waals surface area contributed by atoms with Gasteiger partial charge in [0.05, 0.1) is 12.6 Å². The topological polar surface area (TPSA) is 121 Å². The first kappa shape index (κ1) is 26.6. The monoisotopic (exact) mass is 520 g/mol. The summed E-state index contributed by atoms with van der Waals surface area (Å²) in [6.45, 7) is 2.29. The highest BCUT2D eigenvalue weighted by Gasteiger charge is 2.38. The van der Waals surface area contributed by atoms with Gasteiger partial charge in [0.1, 0.15) is 12.2 Å². The minimum absolute atomic E-state index is 0.0468. The highest BCUT2D eigenvalue weighted by molar-refractivity contribution is 5.91. The quantitative estimate of drug-likeness (QED) is 0.437. The number of hydrogen-bond donors (Lipinski definition) is 3. The van der Waals surface area contributed by atoms with Gasteiger partial charge in [0.25, 0.3) is 0 Å². The number of hydrogen-bond acceptors (Lipinski definition) is 6. The molecule has 2 aromatic rings. The molecule has 3 fully saturated rings. The van der Waals surface area contributed by atoms with Crippen LogP contribution in [0.3, 0.4) is 0 Å². The van der Waals surface area contributed by atoms with Gasteiger partial charge in [-0.3, -0.25) is 24.7 Å². The second-order valence-electron chi connectivity index (χ2n) is 11.1. The molecule has 3 amide bonds. The van der Waals surface area contributed by atoms with Crippen LogP contribution in [-0.2, 0) is 14.4 Å². The van der Waals surface area contributed by atoms with Gasteiger partial charge in [-0.25, -0.2) is 0 Å². The van der Waals surface area contributed by atoms with Gasteiger partial charge in [0, 0.05) is 37.4 Å². The number of fused-ring (bicyclic) bond motifs is 1. The van der Waals surface area contributed by atoms with E-state index >= 15 is 0 Å². The molecule has 9 heteroatoms. The SMILES string of the molecule is NC(NC(=O)[C@@H]1CCCN1C(=O)C(CC1CCCCC1)NCC(=O)N1CCC1)c1ccc2cnccc2c1.